The molecule has 7 nitrogen and oxygen atoms in total. The smallest absolute Gasteiger partial charge is 0.225 e. The van der Waals surface area contributed by atoms with E-state index >= 15 is 0 Å². The molecule has 0 aliphatic carbocycles. The SMILES string of the molecule is COc1ccc(CCNC(=O)C2CC(=O)N(CCCN(C)C)C2)cc1OC. The molecule has 1 unspecified atom stereocenters. The number of carbonyl (C=O) groups excluding carboxylic acids is 2. The molecule has 0 radical (unpaired) electrons. The summed E-state index contributed by atoms with van der Waals surface area (Å²) in [5.74, 6) is 1.15. The summed E-state index contributed by atoms with van der Waals surface area (Å²) in [4.78, 5) is 28.4. The number of amides is 2. The predicted octanol–water partition coefficient (Wildman–Crippen LogP) is 1.16. The number of hydrogen-bond donors (Lipinski definition) is 1. The van der Waals surface area contributed by atoms with E-state index in [-0.39, 0.29) is 17.7 Å². The summed E-state index contributed by atoms with van der Waals surface area (Å²) in [7, 11) is 7.23. The highest BCUT2D eigenvalue weighted by molar-refractivity contribution is 5.89. The van der Waals surface area contributed by atoms with Crippen LogP contribution >= 0.6 is 0 Å². The number of hydrogen-bond acceptors (Lipinski definition) is 5. The zero-order chi connectivity index (χ0) is 19.8. The summed E-state index contributed by atoms with van der Waals surface area (Å²) in [5.41, 5.74) is 1.06. The highest BCUT2D eigenvalue weighted by atomic mass is 16.5. The van der Waals surface area contributed by atoms with Crippen molar-refractivity contribution in [1.82, 2.24) is 15.1 Å². The Labute approximate surface area is 161 Å². The van der Waals surface area contributed by atoms with E-state index < -0.39 is 0 Å². The number of carbonyl (C=O) groups is 2. The maximum atomic E-state index is 12.4. The van der Waals surface area contributed by atoms with E-state index in [1.165, 1.54) is 0 Å². The third kappa shape index (κ3) is 6.13. The Kier molecular flexibility index (Phi) is 7.91. The zero-order valence-electron chi connectivity index (χ0n) is 16.8. The van der Waals surface area contributed by atoms with Gasteiger partial charge in [0.15, 0.2) is 11.5 Å². The molecule has 0 aromatic heterocycles. The summed E-state index contributed by atoms with van der Waals surface area (Å²) in [5, 5.41) is 2.96. The van der Waals surface area contributed by atoms with Gasteiger partial charge in [-0.25, -0.2) is 0 Å². The zero-order valence-corrected chi connectivity index (χ0v) is 16.8. The molecule has 0 bridgehead atoms. The van der Waals surface area contributed by atoms with Gasteiger partial charge in [0, 0.05) is 26.1 Å². The first-order valence-electron chi connectivity index (χ1n) is 9.35. The molecule has 1 N–H and O–H groups in total. The Balaban J connectivity index is 1.77. The number of ether oxygens (including phenoxy) is 2. The van der Waals surface area contributed by atoms with Crippen LogP contribution in [0, 0.1) is 5.92 Å². The van der Waals surface area contributed by atoms with Gasteiger partial charge in [-0.05, 0) is 51.2 Å². The monoisotopic (exact) mass is 377 g/mol. The first kappa shape index (κ1) is 21.0. The molecule has 0 saturated carbocycles. The molecular weight excluding hydrogens is 346 g/mol. The molecule has 2 rings (SSSR count). The van der Waals surface area contributed by atoms with Crippen molar-refractivity contribution in [1.29, 1.82) is 0 Å². The standard InChI is InChI=1S/C20H31N3O4/c1-22(2)10-5-11-23-14-16(13-19(23)24)20(25)21-9-8-15-6-7-17(26-3)18(12-15)27-4/h6-7,12,16H,5,8-11,13-14H2,1-4H3,(H,21,25). The van der Waals surface area contributed by atoms with Crippen molar-refractivity contribution in [3.8, 4) is 11.5 Å². The first-order chi connectivity index (χ1) is 12.9. The average Bonchev–Trinajstić information content (AvgIpc) is 3.02. The van der Waals surface area contributed by atoms with E-state index in [1.54, 1.807) is 14.2 Å². The van der Waals surface area contributed by atoms with Crippen LogP contribution < -0.4 is 14.8 Å². The number of nitrogens with one attached hydrogen (secondary N) is 1. The summed E-state index contributed by atoms with van der Waals surface area (Å²) in [6.45, 7) is 2.70. The van der Waals surface area contributed by atoms with E-state index in [4.69, 9.17) is 9.47 Å². The minimum atomic E-state index is -0.248. The maximum absolute atomic E-state index is 12.4. The van der Waals surface area contributed by atoms with Gasteiger partial charge in [-0.3, -0.25) is 9.59 Å². The van der Waals surface area contributed by atoms with Gasteiger partial charge in [-0.15, -0.1) is 0 Å². The Hall–Kier alpha value is -2.28. The van der Waals surface area contributed by atoms with Gasteiger partial charge in [-0.1, -0.05) is 6.07 Å². The number of nitrogens with zero attached hydrogens (tertiary/aromatic N) is 2. The number of benzene rings is 1. The fourth-order valence-electron chi connectivity index (χ4n) is 3.25. The Morgan fingerprint density at radius 1 is 1.26 bits per heavy atom. The van der Waals surface area contributed by atoms with E-state index in [0.29, 0.717) is 44.0 Å². The van der Waals surface area contributed by atoms with Crippen molar-refractivity contribution in [3.05, 3.63) is 23.8 Å². The largest absolute Gasteiger partial charge is 0.493 e. The van der Waals surface area contributed by atoms with Gasteiger partial charge in [0.25, 0.3) is 0 Å². The lowest BCUT2D eigenvalue weighted by molar-refractivity contribution is -0.129. The fraction of sp³-hybridized carbons (Fsp3) is 0.600. The van der Waals surface area contributed by atoms with Gasteiger partial charge in [0.2, 0.25) is 11.8 Å². The van der Waals surface area contributed by atoms with Crippen molar-refractivity contribution in [3.63, 3.8) is 0 Å². The Morgan fingerprint density at radius 3 is 2.67 bits per heavy atom. The van der Waals surface area contributed by atoms with Gasteiger partial charge in [-0.2, -0.15) is 0 Å². The second-order valence-corrected chi connectivity index (χ2v) is 7.13. The third-order valence-electron chi connectivity index (χ3n) is 4.78. The van der Waals surface area contributed by atoms with Crippen LogP contribution in [0.25, 0.3) is 0 Å². The number of methoxy groups -OCH3 is 2. The minimum Gasteiger partial charge on any atom is -0.493 e. The molecule has 1 heterocycles. The molecule has 1 fully saturated rings. The fourth-order valence-corrected chi connectivity index (χ4v) is 3.25. The average molecular weight is 377 g/mol. The van der Waals surface area contributed by atoms with Crippen LogP contribution in [-0.2, 0) is 16.0 Å². The third-order valence-corrected chi connectivity index (χ3v) is 4.78. The topological polar surface area (TPSA) is 71.1 Å². The highest BCUT2D eigenvalue weighted by Crippen LogP contribution is 2.27. The number of rotatable bonds is 10. The van der Waals surface area contributed by atoms with Crippen LogP contribution in [0.1, 0.15) is 18.4 Å². The summed E-state index contributed by atoms with van der Waals surface area (Å²) in [6.07, 6.45) is 1.93. The quantitative estimate of drug-likeness (QED) is 0.663. The van der Waals surface area contributed by atoms with E-state index in [1.807, 2.05) is 37.2 Å². The van der Waals surface area contributed by atoms with Crippen molar-refractivity contribution < 1.29 is 19.1 Å². The molecule has 1 saturated heterocycles. The normalized spacial score (nSPS) is 16.7. The molecule has 1 aromatic carbocycles. The van der Waals surface area contributed by atoms with Gasteiger partial charge in [0.05, 0.1) is 20.1 Å². The maximum Gasteiger partial charge on any atom is 0.225 e. The summed E-state index contributed by atoms with van der Waals surface area (Å²) < 4.78 is 10.5. The summed E-state index contributed by atoms with van der Waals surface area (Å²) in [6, 6.07) is 5.73. The van der Waals surface area contributed by atoms with Crippen molar-refractivity contribution in [2.45, 2.75) is 19.3 Å². The van der Waals surface area contributed by atoms with Gasteiger partial charge in [0.1, 0.15) is 0 Å². The lowest BCUT2D eigenvalue weighted by Crippen LogP contribution is -2.34. The molecule has 1 aliphatic rings. The lowest BCUT2D eigenvalue weighted by Gasteiger charge is -2.18. The van der Waals surface area contributed by atoms with Crippen molar-refractivity contribution >= 4 is 11.8 Å². The van der Waals surface area contributed by atoms with Gasteiger partial charge >= 0.3 is 0 Å². The van der Waals surface area contributed by atoms with Crippen molar-refractivity contribution in [2.24, 2.45) is 5.92 Å². The van der Waals surface area contributed by atoms with E-state index in [9.17, 15) is 9.59 Å². The van der Waals surface area contributed by atoms with Crippen LogP contribution in [0.2, 0.25) is 0 Å². The minimum absolute atomic E-state index is 0.0427. The van der Waals surface area contributed by atoms with Crippen LogP contribution in [0.3, 0.4) is 0 Å². The molecule has 1 aromatic rings. The molecule has 27 heavy (non-hydrogen) atoms. The molecule has 150 valence electrons. The van der Waals surface area contributed by atoms with E-state index in [0.717, 1.165) is 18.5 Å². The molecular formula is C20H31N3O4. The summed E-state index contributed by atoms with van der Waals surface area (Å²) >= 11 is 0. The molecule has 2 amide bonds. The predicted molar refractivity (Wildman–Crippen MR) is 104 cm³/mol. The van der Waals surface area contributed by atoms with Crippen LogP contribution in [0.15, 0.2) is 18.2 Å². The molecule has 7 heteroatoms. The van der Waals surface area contributed by atoms with Gasteiger partial charge < -0.3 is 24.6 Å². The second kappa shape index (κ2) is 10.2. The second-order valence-electron chi connectivity index (χ2n) is 7.13. The highest BCUT2D eigenvalue weighted by Gasteiger charge is 2.33. The Morgan fingerprint density at radius 2 is 2.00 bits per heavy atom. The van der Waals surface area contributed by atoms with Crippen LogP contribution in [-0.4, -0.2) is 76.1 Å². The van der Waals surface area contributed by atoms with E-state index in [2.05, 4.69) is 10.2 Å². The molecule has 0 spiro atoms. The molecule has 1 atom stereocenters. The van der Waals surface area contributed by atoms with Crippen molar-refractivity contribution in [2.75, 3.05) is 54.5 Å². The first-order valence-corrected chi connectivity index (χ1v) is 9.35. The Bertz CT molecular complexity index is 648. The molecule has 1 aliphatic heterocycles. The van der Waals surface area contributed by atoms with Crippen LogP contribution in [0.4, 0.5) is 0 Å². The number of likely N-dealkylation sites (tertiary alicyclic amines) is 1. The van der Waals surface area contributed by atoms with Crippen LogP contribution in [0.5, 0.6) is 11.5 Å². The lowest BCUT2D eigenvalue weighted by atomic mass is 10.1.